The third-order valence-electron chi connectivity index (χ3n) is 5.16. The molecule has 0 fully saturated rings. The fourth-order valence-corrected chi connectivity index (χ4v) is 3.76. The third-order valence-corrected chi connectivity index (χ3v) is 5.16. The number of aliphatic hydroxyl groups excluding tert-OH is 1. The zero-order valence-electron chi connectivity index (χ0n) is 16.1. The maximum atomic E-state index is 12.7. The highest BCUT2D eigenvalue weighted by Crippen LogP contribution is 2.31. The van der Waals surface area contributed by atoms with Gasteiger partial charge in [0.2, 0.25) is 0 Å². The number of primary amides is 1. The quantitative estimate of drug-likeness (QED) is 0.456. The fourth-order valence-electron chi connectivity index (χ4n) is 3.76. The smallest absolute Gasteiger partial charge is 0.265 e. The highest BCUT2D eigenvalue weighted by atomic mass is 16.3. The van der Waals surface area contributed by atoms with Crippen LogP contribution in [-0.4, -0.2) is 31.3 Å². The number of amides is 1. The number of nitrogens with zero attached hydrogens (tertiary/aromatic N) is 2. The number of ketones is 1. The highest BCUT2D eigenvalue weighted by molar-refractivity contribution is 6.10. The van der Waals surface area contributed by atoms with E-state index in [4.69, 9.17) is 5.73 Å². The summed E-state index contributed by atoms with van der Waals surface area (Å²) in [6.07, 6.45) is 0. The van der Waals surface area contributed by atoms with Crippen molar-refractivity contribution in [1.82, 2.24) is 14.5 Å². The van der Waals surface area contributed by atoms with E-state index in [2.05, 4.69) is 9.97 Å². The average molecular weight is 388 g/mol. The lowest BCUT2D eigenvalue weighted by Gasteiger charge is -2.05. The summed E-state index contributed by atoms with van der Waals surface area (Å²) >= 11 is 0. The average Bonchev–Trinajstić information content (AvgIpc) is 3.24. The van der Waals surface area contributed by atoms with E-state index in [1.165, 1.54) is 4.57 Å². The van der Waals surface area contributed by atoms with Crippen molar-refractivity contribution in [3.63, 3.8) is 0 Å². The molecule has 2 aromatic carbocycles. The van der Waals surface area contributed by atoms with Crippen molar-refractivity contribution in [2.75, 3.05) is 0 Å². The van der Waals surface area contributed by atoms with Crippen LogP contribution in [-0.2, 0) is 6.73 Å². The summed E-state index contributed by atoms with van der Waals surface area (Å²) in [6.45, 7) is 3.20. The van der Waals surface area contributed by atoms with Crippen molar-refractivity contribution in [1.29, 1.82) is 0 Å². The number of rotatable bonds is 5. The Labute approximate surface area is 166 Å². The number of aliphatic hydroxyl groups is 1. The first-order valence-corrected chi connectivity index (χ1v) is 9.12. The van der Waals surface area contributed by atoms with Crippen LogP contribution in [0.1, 0.15) is 37.7 Å². The first-order valence-electron chi connectivity index (χ1n) is 9.12. The van der Waals surface area contributed by atoms with Crippen LogP contribution < -0.4 is 5.73 Å². The van der Waals surface area contributed by atoms with Gasteiger partial charge in [0, 0.05) is 22.4 Å². The van der Waals surface area contributed by atoms with E-state index in [9.17, 15) is 14.7 Å². The lowest BCUT2D eigenvalue weighted by molar-refractivity contribution is 0.0977. The number of aromatic nitrogens is 3. The monoisotopic (exact) mass is 388 g/mol. The Morgan fingerprint density at radius 3 is 2.45 bits per heavy atom. The molecule has 0 aliphatic heterocycles. The van der Waals surface area contributed by atoms with Gasteiger partial charge < -0.3 is 20.4 Å². The predicted octanol–water partition coefficient (Wildman–Crippen LogP) is 2.93. The van der Waals surface area contributed by atoms with Crippen LogP contribution in [0.25, 0.3) is 22.4 Å². The number of carbonyl (C=O) groups is 2. The Morgan fingerprint density at radius 1 is 1.10 bits per heavy atom. The van der Waals surface area contributed by atoms with Crippen molar-refractivity contribution >= 4 is 22.7 Å². The van der Waals surface area contributed by atoms with Gasteiger partial charge in [-0.25, -0.2) is 4.98 Å². The van der Waals surface area contributed by atoms with Crippen molar-refractivity contribution < 1.29 is 14.7 Å². The standard InChI is InChI=1S/C22H20N4O3/c1-12-18(13(2)26(11-27)19(12)21(23)29)22-24-16-9-8-15(10-17(16)25-22)20(28)14-6-4-3-5-7-14/h3-10,27H,11H2,1-2H3,(H2,23,29)(H,24,25). The van der Waals surface area contributed by atoms with Gasteiger partial charge in [-0.3, -0.25) is 9.59 Å². The molecular formula is C22H20N4O3. The molecule has 4 aromatic rings. The highest BCUT2D eigenvalue weighted by Gasteiger charge is 2.23. The molecular weight excluding hydrogens is 368 g/mol. The van der Waals surface area contributed by atoms with Crippen LogP contribution in [0.2, 0.25) is 0 Å². The minimum atomic E-state index is -0.613. The molecule has 4 N–H and O–H groups in total. The van der Waals surface area contributed by atoms with E-state index in [0.717, 1.165) is 0 Å². The van der Waals surface area contributed by atoms with Gasteiger partial charge in [0.1, 0.15) is 18.2 Å². The largest absolute Gasteiger partial charge is 0.376 e. The topological polar surface area (TPSA) is 114 Å². The van der Waals surface area contributed by atoms with Gasteiger partial charge in [0.25, 0.3) is 5.91 Å². The van der Waals surface area contributed by atoms with Crippen molar-refractivity contribution in [2.24, 2.45) is 5.73 Å². The van der Waals surface area contributed by atoms with E-state index in [-0.39, 0.29) is 18.2 Å². The summed E-state index contributed by atoms with van der Waals surface area (Å²) in [4.78, 5) is 32.4. The molecule has 0 aliphatic carbocycles. The molecule has 0 saturated heterocycles. The molecule has 0 saturated carbocycles. The molecule has 0 unspecified atom stereocenters. The molecule has 2 heterocycles. The van der Waals surface area contributed by atoms with Gasteiger partial charge in [-0.1, -0.05) is 30.3 Å². The molecule has 0 aliphatic rings. The molecule has 1 amide bonds. The van der Waals surface area contributed by atoms with Crippen LogP contribution in [0.4, 0.5) is 0 Å². The van der Waals surface area contributed by atoms with Crippen molar-refractivity contribution in [2.45, 2.75) is 20.6 Å². The molecule has 29 heavy (non-hydrogen) atoms. The van der Waals surface area contributed by atoms with Crippen molar-refractivity contribution in [3.05, 3.63) is 76.6 Å². The fraction of sp³-hybridized carbons (Fsp3) is 0.136. The summed E-state index contributed by atoms with van der Waals surface area (Å²) in [7, 11) is 0. The Kier molecular flexibility index (Phi) is 4.52. The van der Waals surface area contributed by atoms with Gasteiger partial charge in [0.15, 0.2) is 5.78 Å². The maximum absolute atomic E-state index is 12.7. The molecule has 0 atom stereocenters. The van der Waals surface area contributed by atoms with Gasteiger partial charge >= 0.3 is 0 Å². The Bertz CT molecular complexity index is 1250. The number of carbonyl (C=O) groups excluding carboxylic acids is 2. The van der Waals surface area contributed by atoms with E-state index >= 15 is 0 Å². The van der Waals surface area contributed by atoms with Gasteiger partial charge in [-0.05, 0) is 37.6 Å². The normalized spacial score (nSPS) is 11.1. The van der Waals surface area contributed by atoms with E-state index < -0.39 is 5.91 Å². The van der Waals surface area contributed by atoms with Crippen LogP contribution in [0.5, 0.6) is 0 Å². The molecule has 146 valence electrons. The zero-order chi connectivity index (χ0) is 20.7. The number of nitrogens with two attached hydrogens (primary N) is 1. The molecule has 2 aromatic heterocycles. The summed E-state index contributed by atoms with van der Waals surface area (Å²) in [5.74, 6) is -0.134. The Hall–Kier alpha value is -3.71. The second kappa shape index (κ2) is 7.03. The Balaban J connectivity index is 1.82. The van der Waals surface area contributed by atoms with Gasteiger partial charge in [0.05, 0.1) is 11.0 Å². The number of fused-ring (bicyclic) bond motifs is 1. The van der Waals surface area contributed by atoms with Gasteiger partial charge in [-0.15, -0.1) is 0 Å². The number of hydrogen-bond acceptors (Lipinski definition) is 4. The third kappa shape index (κ3) is 3.01. The summed E-state index contributed by atoms with van der Waals surface area (Å²) in [5.41, 5.74) is 10.3. The van der Waals surface area contributed by atoms with Crippen LogP contribution in [0, 0.1) is 13.8 Å². The SMILES string of the molecule is Cc1c(-c2nc3ccc(C(=O)c4ccccc4)cc3[nH]2)c(C)n(CO)c1C(N)=O. The Morgan fingerprint density at radius 2 is 1.83 bits per heavy atom. The molecule has 7 nitrogen and oxygen atoms in total. The predicted molar refractivity (Wildman–Crippen MR) is 110 cm³/mol. The number of imidazole rings is 1. The lowest BCUT2D eigenvalue weighted by atomic mass is 10.0. The van der Waals surface area contributed by atoms with Crippen LogP contribution in [0.3, 0.4) is 0 Å². The van der Waals surface area contributed by atoms with Crippen LogP contribution in [0.15, 0.2) is 48.5 Å². The summed E-state index contributed by atoms with van der Waals surface area (Å²) in [5, 5.41) is 9.67. The van der Waals surface area contributed by atoms with Crippen LogP contribution >= 0.6 is 0 Å². The molecule has 0 bridgehead atoms. The second-order valence-electron chi connectivity index (χ2n) is 6.88. The van der Waals surface area contributed by atoms with E-state index in [1.807, 2.05) is 18.2 Å². The number of H-pyrrole nitrogens is 1. The zero-order valence-corrected chi connectivity index (χ0v) is 16.1. The van der Waals surface area contributed by atoms with Gasteiger partial charge in [-0.2, -0.15) is 0 Å². The number of nitrogens with one attached hydrogen (secondary N) is 1. The lowest BCUT2D eigenvalue weighted by Crippen LogP contribution is -2.18. The first-order chi connectivity index (χ1) is 13.9. The summed E-state index contributed by atoms with van der Waals surface area (Å²) < 4.78 is 1.46. The maximum Gasteiger partial charge on any atom is 0.265 e. The van der Waals surface area contributed by atoms with Crippen molar-refractivity contribution in [3.8, 4) is 11.4 Å². The second-order valence-corrected chi connectivity index (χ2v) is 6.88. The van der Waals surface area contributed by atoms with E-state index in [0.29, 0.717) is 44.8 Å². The minimum Gasteiger partial charge on any atom is -0.376 e. The number of benzene rings is 2. The first kappa shape index (κ1) is 18.6. The molecule has 4 rings (SSSR count). The molecule has 7 heteroatoms. The number of aromatic amines is 1. The molecule has 0 spiro atoms. The minimum absolute atomic E-state index is 0.0709. The van der Waals surface area contributed by atoms with E-state index in [1.54, 1.807) is 44.2 Å². The molecule has 0 radical (unpaired) electrons. The summed E-state index contributed by atoms with van der Waals surface area (Å²) in [6, 6.07) is 14.4. The number of hydrogen-bond donors (Lipinski definition) is 3.